The lowest BCUT2D eigenvalue weighted by atomic mass is 9.91. The molecule has 0 aromatic heterocycles. The van der Waals surface area contributed by atoms with E-state index in [1.54, 1.807) is 11.8 Å². The summed E-state index contributed by atoms with van der Waals surface area (Å²) in [6.07, 6.45) is -0.259. The number of aliphatic hydroxyl groups excluding tert-OH is 1. The van der Waals surface area contributed by atoms with Crippen LogP contribution in [0, 0.1) is 5.92 Å². The molecule has 1 aliphatic rings. The molecule has 4 atom stereocenters. The number of carbonyl (C=O) groups is 2. The molecule has 1 fully saturated rings. The van der Waals surface area contributed by atoms with Gasteiger partial charge in [-0.1, -0.05) is 91.9 Å². The lowest BCUT2D eigenvalue weighted by Gasteiger charge is -2.41. The first kappa shape index (κ1) is 32.4. The fourth-order valence-electron chi connectivity index (χ4n) is 5.39. The number of ether oxygens (including phenoxy) is 2. The van der Waals surface area contributed by atoms with Crippen LogP contribution in [0.2, 0.25) is 0 Å². The van der Waals surface area contributed by atoms with Gasteiger partial charge in [0.05, 0.1) is 18.8 Å². The molecule has 0 radical (unpaired) electrons. The molecule has 1 aliphatic heterocycles. The van der Waals surface area contributed by atoms with E-state index in [0.717, 1.165) is 39.1 Å². The van der Waals surface area contributed by atoms with E-state index >= 15 is 0 Å². The van der Waals surface area contributed by atoms with Gasteiger partial charge in [0.1, 0.15) is 0 Å². The average molecular weight is 626 g/mol. The summed E-state index contributed by atoms with van der Waals surface area (Å²) in [6.45, 7) is 2.55. The van der Waals surface area contributed by atoms with Gasteiger partial charge in [-0.15, -0.1) is 11.8 Å². The summed E-state index contributed by atoms with van der Waals surface area (Å²) >= 11 is 1.78. The summed E-state index contributed by atoms with van der Waals surface area (Å²) in [5, 5.41) is 21.2. The van der Waals surface area contributed by atoms with Crippen LogP contribution in [0.3, 0.4) is 0 Å². The SMILES string of the molecule is CC1C(CSc2ccccc2)OC(c2ccc(-c3cccc(CNC(=O)CCCC(=O)O)c3)cc2)OC1c1ccc(CO)cc1. The third-order valence-electron chi connectivity index (χ3n) is 8.01. The van der Waals surface area contributed by atoms with Gasteiger partial charge in [0.15, 0.2) is 6.29 Å². The van der Waals surface area contributed by atoms with E-state index in [4.69, 9.17) is 14.6 Å². The molecule has 45 heavy (non-hydrogen) atoms. The van der Waals surface area contributed by atoms with E-state index in [-0.39, 0.29) is 43.5 Å². The number of thioether (sulfide) groups is 1. The molecular formula is C37H39NO6S. The highest BCUT2D eigenvalue weighted by Gasteiger charge is 2.38. The fraction of sp³-hybridized carbons (Fsp3) is 0.297. The van der Waals surface area contributed by atoms with Gasteiger partial charge in [-0.2, -0.15) is 0 Å². The van der Waals surface area contributed by atoms with Crippen molar-refractivity contribution in [3.05, 3.63) is 125 Å². The van der Waals surface area contributed by atoms with Crippen LogP contribution in [0.1, 0.15) is 60.8 Å². The van der Waals surface area contributed by atoms with Crippen LogP contribution in [-0.2, 0) is 32.2 Å². The fourth-order valence-corrected chi connectivity index (χ4v) is 6.48. The number of rotatable bonds is 13. The Morgan fingerprint density at radius 1 is 0.800 bits per heavy atom. The first-order chi connectivity index (χ1) is 21.9. The zero-order valence-electron chi connectivity index (χ0n) is 25.3. The summed E-state index contributed by atoms with van der Waals surface area (Å²) in [4.78, 5) is 24.0. The number of amides is 1. The largest absolute Gasteiger partial charge is 0.481 e. The van der Waals surface area contributed by atoms with Crippen LogP contribution in [0.4, 0.5) is 0 Å². The topological polar surface area (TPSA) is 105 Å². The molecule has 4 unspecified atom stereocenters. The second-order valence-electron chi connectivity index (χ2n) is 11.3. The zero-order chi connectivity index (χ0) is 31.6. The van der Waals surface area contributed by atoms with E-state index < -0.39 is 12.3 Å². The predicted octanol–water partition coefficient (Wildman–Crippen LogP) is 7.30. The molecule has 8 heteroatoms. The lowest BCUT2D eigenvalue weighted by Crippen LogP contribution is -2.38. The lowest BCUT2D eigenvalue weighted by molar-refractivity contribution is -0.268. The summed E-state index contributed by atoms with van der Waals surface area (Å²) in [7, 11) is 0. The van der Waals surface area contributed by atoms with Crippen molar-refractivity contribution in [3.63, 3.8) is 0 Å². The molecule has 234 valence electrons. The number of aliphatic carboxylic acids is 1. The highest BCUT2D eigenvalue weighted by molar-refractivity contribution is 7.99. The molecule has 1 amide bonds. The number of carboxylic acid groups (broad SMARTS) is 1. The molecular weight excluding hydrogens is 586 g/mol. The minimum atomic E-state index is -0.895. The summed E-state index contributed by atoms with van der Waals surface area (Å²) < 4.78 is 13.2. The highest BCUT2D eigenvalue weighted by Crippen LogP contribution is 2.43. The Morgan fingerprint density at radius 2 is 1.53 bits per heavy atom. The molecule has 4 aromatic rings. The molecule has 0 saturated carbocycles. The van der Waals surface area contributed by atoms with Crippen LogP contribution in [0.25, 0.3) is 11.1 Å². The monoisotopic (exact) mass is 625 g/mol. The third-order valence-corrected chi connectivity index (χ3v) is 9.11. The molecule has 7 nitrogen and oxygen atoms in total. The second-order valence-corrected chi connectivity index (χ2v) is 12.4. The number of hydrogen-bond acceptors (Lipinski definition) is 6. The van der Waals surface area contributed by atoms with Crippen molar-refractivity contribution in [1.29, 1.82) is 0 Å². The first-order valence-electron chi connectivity index (χ1n) is 15.3. The van der Waals surface area contributed by atoms with Crippen molar-refractivity contribution in [3.8, 4) is 11.1 Å². The Morgan fingerprint density at radius 3 is 2.24 bits per heavy atom. The Balaban J connectivity index is 1.28. The summed E-state index contributed by atoms with van der Waals surface area (Å²) in [5.41, 5.74) is 5.88. The number of hydrogen-bond donors (Lipinski definition) is 3. The van der Waals surface area contributed by atoms with Crippen LogP contribution in [-0.4, -0.2) is 33.9 Å². The van der Waals surface area contributed by atoms with Gasteiger partial charge in [-0.3, -0.25) is 9.59 Å². The number of nitrogens with one attached hydrogen (secondary N) is 1. The Hall–Kier alpha value is -3.95. The van der Waals surface area contributed by atoms with E-state index in [0.29, 0.717) is 13.0 Å². The normalized spacial score (nSPS) is 19.6. The number of carboxylic acids is 1. The number of aliphatic hydroxyl groups is 1. The third kappa shape index (κ3) is 9.05. The van der Waals surface area contributed by atoms with Gasteiger partial charge in [0, 0.05) is 41.5 Å². The van der Waals surface area contributed by atoms with Crippen molar-refractivity contribution < 1.29 is 29.3 Å². The molecule has 5 rings (SSSR count). The van der Waals surface area contributed by atoms with Crippen molar-refractivity contribution in [2.75, 3.05) is 5.75 Å². The standard InChI is InChI=1S/C37H39NO6S/c1-25-33(24-45-32-9-3-2-4-10-32)43-37(44-36(25)29-15-13-26(23-39)14-16-29)30-19-17-28(18-20-30)31-8-5-7-27(21-31)22-38-34(40)11-6-12-35(41)42/h2-5,7-10,13-21,25,33,36-37,39H,6,11-12,22-24H2,1H3,(H,38,40)(H,41,42). The van der Waals surface area contributed by atoms with Gasteiger partial charge in [0.25, 0.3) is 0 Å². The van der Waals surface area contributed by atoms with E-state index in [1.807, 2.05) is 78.9 Å². The van der Waals surface area contributed by atoms with Gasteiger partial charge in [-0.05, 0) is 52.4 Å². The number of carbonyl (C=O) groups excluding carboxylic acids is 1. The van der Waals surface area contributed by atoms with Gasteiger partial charge >= 0.3 is 5.97 Å². The first-order valence-corrected chi connectivity index (χ1v) is 16.2. The van der Waals surface area contributed by atoms with Crippen molar-refractivity contribution in [2.45, 2.75) is 62.7 Å². The maximum Gasteiger partial charge on any atom is 0.303 e. The number of benzene rings is 4. The molecule has 1 saturated heterocycles. The highest BCUT2D eigenvalue weighted by atomic mass is 32.2. The van der Waals surface area contributed by atoms with Gasteiger partial charge in [-0.25, -0.2) is 0 Å². The Bertz CT molecular complexity index is 1540. The van der Waals surface area contributed by atoms with Crippen LogP contribution >= 0.6 is 11.8 Å². The van der Waals surface area contributed by atoms with Crippen LogP contribution in [0.15, 0.2) is 108 Å². The Kier molecular flexibility index (Phi) is 11.4. The molecule has 3 N–H and O–H groups in total. The van der Waals surface area contributed by atoms with Crippen molar-refractivity contribution >= 4 is 23.6 Å². The van der Waals surface area contributed by atoms with E-state index in [2.05, 4.69) is 36.5 Å². The minimum Gasteiger partial charge on any atom is -0.481 e. The molecule has 1 heterocycles. The van der Waals surface area contributed by atoms with Gasteiger partial charge < -0.3 is 25.0 Å². The maximum absolute atomic E-state index is 12.1. The maximum atomic E-state index is 12.1. The van der Waals surface area contributed by atoms with E-state index in [1.165, 1.54) is 4.90 Å². The minimum absolute atomic E-state index is 0.00191. The van der Waals surface area contributed by atoms with Crippen molar-refractivity contribution in [1.82, 2.24) is 5.32 Å². The van der Waals surface area contributed by atoms with Gasteiger partial charge in [0.2, 0.25) is 5.91 Å². The predicted molar refractivity (Wildman–Crippen MR) is 175 cm³/mol. The second kappa shape index (κ2) is 15.9. The van der Waals surface area contributed by atoms with Crippen molar-refractivity contribution in [2.24, 2.45) is 5.92 Å². The zero-order valence-corrected chi connectivity index (χ0v) is 26.1. The quantitative estimate of drug-likeness (QED) is 0.134. The van der Waals surface area contributed by atoms with Crippen LogP contribution in [0.5, 0.6) is 0 Å². The molecule has 0 bridgehead atoms. The summed E-state index contributed by atoms with van der Waals surface area (Å²) in [6, 6.07) is 34.5. The van der Waals surface area contributed by atoms with E-state index in [9.17, 15) is 14.7 Å². The molecule has 0 aliphatic carbocycles. The Labute approximate surface area is 268 Å². The summed E-state index contributed by atoms with van der Waals surface area (Å²) in [5.74, 6) is -0.155. The van der Waals surface area contributed by atoms with Crippen LogP contribution < -0.4 is 5.32 Å². The average Bonchev–Trinajstić information content (AvgIpc) is 3.07. The molecule has 4 aromatic carbocycles. The molecule has 0 spiro atoms. The smallest absolute Gasteiger partial charge is 0.303 e.